The lowest BCUT2D eigenvalue weighted by molar-refractivity contribution is -0.143. The smallest absolute Gasteiger partial charge is 0.306 e. The van der Waals surface area contributed by atoms with Crippen LogP contribution in [-0.2, 0) is 9.53 Å². The van der Waals surface area contributed by atoms with Crippen molar-refractivity contribution < 1.29 is 14.3 Å². The summed E-state index contributed by atoms with van der Waals surface area (Å²) in [5.41, 5.74) is 3.76. The molecule has 0 radical (unpaired) electrons. The number of esters is 1. The van der Waals surface area contributed by atoms with Crippen molar-refractivity contribution in [3.63, 3.8) is 0 Å². The fraction of sp³-hybridized carbons (Fsp3) is 0.500. The molecule has 2 unspecified atom stereocenters. The zero-order valence-electron chi connectivity index (χ0n) is 20.5. The highest BCUT2D eigenvalue weighted by Crippen LogP contribution is 2.62. The Bertz CT molecular complexity index is 1260. The number of rotatable bonds is 9. The van der Waals surface area contributed by atoms with Gasteiger partial charge in [0, 0.05) is 36.9 Å². The van der Waals surface area contributed by atoms with Crippen molar-refractivity contribution in [2.45, 2.75) is 64.5 Å². The number of carbonyl (C=O) groups is 2. The Balaban J connectivity index is 1.39. The molecule has 2 heterocycles. The molecule has 3 aliphatic carbocycles. The van der Waals surface area contributed by atoms with Crippen LogP contribution in [0.25, 0.3) is 11.0 Å². The number of ether oxygens (including phenoxy) is 1. The van der Waals surface area contributed by atoms with Crippen LogP contribution in [0.4, 0.5) is 0 Å². The highest BCUT2D eigenvalue weighted by molar-refractivity contribution is 5.97. The number of hydrogen-bond acceptors (Lipinski definition) is 6. The summed E-state index contributed by atoms with van der Waals surface area (Å²) < 4.78 is 6.65. The SMILES string of the molecule is C=C1C2CC1C2=CN1CCC[C@H]1C[C@H](C)n1c(=O)c(C(=O)CCC(=O)OCC)nc2ccccc21. The minimum atomic E-state index is -0.446. The van der Waals surface area contributed by atoms with E-state index in [0.29, 0.717) is 23.4 Å². The van der Waals surface area contributed by atoms with Gasteiger partial charge in [0.15, 0.2) is 11.5 Å². The van der Waals surface area contributed by atoms with Gasteiger partial charge in [-0.15, -0.1) is 0 Å². The van der Waals surface area contributed by atoms with E-state index in [1.165, 1.54) is 17.6 Å². The highest BCUT2D eigenvalue weighted by Gasteiger charge is 2.51. The van der Waals surface area contributed by atoms with Gasteiger partial charge in [0.05, 0.1) is 24.1 Å². The van der Waals surface area contributed by atoms with E-state index in [1.54, 1.807) is 11.5 Å². The van der Waals surface area contributed by atoms with E-state index >= 15 is 0 Å². The van der Waals surface area contributed by atoms with Crippen LogP contribution in [-0.4, -0.2) is 45.4 Å². The lowest BCUT2D eigenvalue weighted by Crippen LogP contribution is -2.46. The molecule has 184 valence electrons. The van der Waals surface area contributed by atoms with Gasteiger partial charge in [-0.3, -0.25) is 14.4 Å². The predicted octanol–water partition coefficient (Wildman–Crippen LogP) is 4.43. The van der Waals surface area contributed by atoms with Crippen LogP contribution < -0.4 is 5.56 Å². The van der Waals surface area contributed by atoms with Gasteiger partial charge >= 0.3 is 5.97 Å². The van der Waals surface area contributed by atoms with Crippen LogP contribution in [0.3, 0.4) is 0 Å². The molecular weight excluding hydrogens is 442 g/mol. The third kappa shape index (κ3) is 4.21. The topological polar surface area (TPSA) is 81.5 Å². The minimum Gasteiger partial charge on any atom is -0.466 e. The molecule has 7 heteroatoms. The normalized spacial score (nSPS) is 23.6. The Morgan fingerprint density at radius 3 is 2.74 bits per heavy atom. The van der Waals surface area contributed by atoms with Gasteiger partial charge in [-0.1, -0.05) is 24.3 Å². The fourth-order valence-corrected chi connectivity index (χ4v) is 5.80. The van der Waals surface area contributed by atoms with E-state index in [-0.39, 0.29) is 36.7 Å². The summed E-state index contributed by atoms with van der Waals surface area (Å²) in [7, 11) is 0. The Morgan fingerprint density at radius 2 is 2.03 bits per heavy atom. The average molecular weight is 476 g/mol. The maximum atomic E-state index is 13.5. The second-order valence-electron chi connectivity index (χ2n) is 10.0. The summed E-state index contributed by atoms with van der Waals surface area (Å²) in [4.78, 5) is 45.0. The molecule has 0 spiro atoms. The first kappa shape index (κ1) is 23.5. The number of Topliss-reactive ketones (excluding diaryl/α,β-unsaturated/α-hetero) is 1. The molecule has 1 aromatic heterocycles. The summed E-state index contributed by atoms with van der Waals surface area (Å²) in [5, 5.41) is 0. The van der Waals surface area contributed by atoms with E-state index in [2.05, 4.69) is 22.7 Å². The Kier molecular flexibility index (Phi) is 6.34. The number of benzene rings is 1. The van der Waals surface area contributed by atoms with Gasteiger partial charge in [-0.05, 0) is 63.4 Å². The maximum Gasteiger partial charge on any atom is 0.306 e. The number of likely N-dealkylation sites (tertiary alicyclic amines) is 1. The number of ketones is 1. The molecule has 6 rings (SSSR count). The number of para-hydroxylation sites is 2. The van der Waals surface area contributed by atoms with E-state index in [9.17, 15) is 14.4 Å². The van der Waals surface area contributed by atoms with E-state index in [1.807, 2.05) is 31.2 Å². The Hall–Kier alpha value is -3.22. The van der Waals surface area contributed by atoms with E-state index in [0.717, 1.165) is 31.3 Å². The molecule has 7 nitrogen and oxygen atoms in total. The van der Waals surface area contributed by atoms with Crippen LogP contribution in [0.2, 0.25) is 0 Å². The summed E-state index contributed by atoms with van der Waals surface area (Å²) in [6.07, 6.45) is 6.50. The lowest BCUT2D eigenvalue weighted by atomic mass is 9.49. The first-order chi connectivity index (χ1) is 16.9. The van der Waals surface area contributed by atoms with Gasteiger partial charge in [0.25, 0.3) is 5.56 Å². The van der Waals surface area contributed by atoms with Crippen LogP contribution in [0.15, 0.2) is 53.0 Å². The van der Waals surface area contributed by atoms with Crippen molar-refractivity contribution in [1.29, 1.82) is 0 Å². The predicted molar refractivity (Wildman–Crippen MR) is 134 cm³/mol. The molecule has 4 atom stereocenters. The van der Waals surface area contributed by atoms with Crippen molar-refractivity contribution in [3.05, 3.63) is 64.2 Å². The van der Waals surface area contributed by atoms with Crippen LogP contribution >= 0.6 is 0 Å². The van der Waals surface area contributed by atoms with Gasteiger partial charge in [0.2, 0.25) is 0 Å². The summed E-state index contributed by atoms with van der Waals surface area (Å²) in [6, 6.07) is 7.69. The largest absolute Gasteiger partial charge is 0.466 e. The Morgan fingerprint density at radius 1 is 1.26 bits per heavy atom. The van der Waals surface area contributed by atoms with Crippen LogP contribution in [0.1, 0.15) is 68.9 Å². The van der Waals surface area contributed by atoms with Crippen molar-refractivity contribution >= 4 is 22.8 Å². The summed E-state index contributed by atoms with van der Waals surface area (Å²) >= 11 is 0. The third-order valence-electron chi connectivity index (χ3n) is 7.88. The molecule has 1 saturated heterocycles. The molecule has 1 aromatic carbocycles. The van der Waals surface area contributed by atoms with Gasteiger partial charge < -0.3 is 14.2 Å². The number of carbonyl (C=O) groups excluding carboxylic acids is 2. The molecular formula is C28H33N3O4. The highest BCUT2D eigenvalue weighted by atomic mass is 16.5. The molecule has 2 bridgehead atoms. The number of hydrogen-bond donors (Lipinski definition) is 0. The zero-order valence-corrected chi connectivity index (χ0v) is 20.5. The molecule has 35 heavy (non-hydrogen) atoms. The van der Waals surface area contributed by atoms with Crippen molar-refractivity contribution in [3.8, 4) is 0 Å². The zero-order chi connectivity index (χ0) is 24.7. The monoisotopic (exact) mass is 475 g/mol. The third-order valence-corrected chi connectivity index (χ3v) is 7.88. The average Bonchev–Trinajstić information content (AvgIpc) is 3.26. The van der Waals surface area contributed by atoms with Gasteiger partial charge in [-0.25, -0.2) is 4.98 Å². The number of nitrogens with zero attached hydrogens (tertiary/aromatic N) is 3. The molecule has 0 amide bonds. The molecule has 0 N–H and O–H groups in total. The van der Waals surface area contributed by atoms with Crippen molar-refractivity contribution in [1.82, 2.24) is 14.5 Å². The van der Waals surface area contributed by atoms with Crippen LogP contribution in [0, 0.1) is 11.8 Å². The molecule has 1 aliphatic heterocycles. The molecule has 3 saturated carbocycles. The number of aromatic nitrogens is 2. The standard InChI is InChI=1S/C28H33N3O4/c1-4-35-26(33)12-11-25(32)27-28(34)31(24-10-6-5-9-23(24)29-27)17(2)14-19-8-7-13-30(19)16-22-20-15-21(22)18(20)3/h5-6,9-10,16-17,19-21H,3-4,7-8,11-15H2,1-2H3/t17-,19-,20?,21?/m0/s1. The van der Waals surface area contributed by atoms with Gasteiger partial charge in [0.1, 0.15) is 0 Å². The second kappa shape index (κ2) is 9.44. The summed E-state index contributed by atoms with van der Waals surface area (Å²) in [6.45, 7) is 9.23. The molecule has 4 aliphatic rings. The molecule has 4 fully saturated rings. The first-order valence-electron chi connectivity index (χ1n) is 12.7. The second-order valence-corrected chi connectivity index (χ2v) is 10.0. The maximum absolute atomic E-state index is 13.5. The molecule has 2 aromatic rings. The fourth-order valence-electron chi connectivity index (χ4n) is 5.80. The first-order valence-corrected chi connectivity index (χ1v) is 12.7. The van der Waals surface area contributed by atoms with Crippen LogP contribution in [0.5, 0.6) is 0 Å². The van der Waals surface area contributed by atoms with Crippen molar-refractivity contribution in [2.75, 3.05) is 13.2 Å². The van der Waals surface area contributed by atoms with Crippen molar-refractivity contribution in [2.24, 2.45) is 11.8 Å². The number of allylic oxidation sites excluding steroid dienone is 2. The minimum absolute atomic E-state index is 0.0592. The van der Waals surface area contributed by atoms with Gasteiger partial charge in [-0.2, -0.15) is 0 Å². The Labute approximate surface area is 205 Å². The lowest BCUT2D eigenvalue weighted by Gasteiger charge is -2.56. The summed E-state index contributed by atoms with van der Waals surface area (Å²) in [5.74, 6) is 0.312. The van der Waals surface area contributed by atoms with E-state index in [4.69, 9.17) is 4.74 Å². The van der Waals surface area contributed by atoms with E-state index < -0.39 is 11.8 Å². The number of fused-ring (bicyclic) bond motifs is 1. The quantitative estimate of drug-likeness (QED) is 0.303.